The minimum atomic E-state index is -1.51. The molecule has 0 atom stereocenters. The second-order valence-electron chi connectivity index (χ2n) is 17.5. The van der Waals surface area contributed by atoms with Crippen LogP contribution >= 0.6 is 0 Å². The summed E-state index contributed by atoms with van der Waals surface area (Å²) in [4.78, 5) is 5.42. The molecule has 0 radical (unpaired) electrons. The number of benzene rings is 6. The van der Waals surface area contributed by atoms with Gasteiger partial charge in [-0.2, -0.15) is 0 Å². The fourth-order valence-electron chi connectivity index (χ4n) is 8.97. The molecule has 9 rings (SSSR count). The maximum atomic E-state index is 6.85. The highest BCUT2D eigenvalue weighted by Crippen LogP contribution is 2.43. The molecule has 0 saturated carbocycles. The van der Waals surface area contributed by atoms with E-state index in [1.807, 2.05) is 0 Å². The summed E-state index contributed by atoms with van der Waals surface area (Å²) in [5.41, 5.74) is 13.8. The van der Waals surface area contributed by atoms with E-state index < -0.39 is 16.1 Å². The lowest BCUT2D eigenvalue weighted by atomic mass is 9.88. The number of imidazole rings is 1. The quantitative estimate of drug-likeness (QED) is 0.159. The number of para-hydroxylation sites is 3. The Bertz CT molecular complexity index is 2700. The number of aromatic nitrogens is 2. The lowest BCUT2D eigenvalue weighted by Crippen LogP contribution is -2.63. The summed E-state index contributed by atoms with van der Waals surface area (Å²) in [6.07, 6.45) is 0. The topological polar surface area (TPSA) is 31.0 Å². The molecular weight excluding hydrogens is 689 g/mol. The van der Waals surface area contributed by atoms with E-state index in [0.717, 1.165) is 49.9 Å². The summed E-state index contributed by atoms with van der Waals surface area (Å²) < 4.78 is 9.29. The van der Waals surface area contributed by atoms with Crippen molar-refractivity contribution in [2.24, 2.45) is 0 Å². The monoisotopic (exact) mass is 738 g/mol. The molecule has 0 saturated heterocycles. The van der Waals surface area contributed by atoms with Crippen LogP contribution in [0, 0.1) is 0 Å². The third-order valence-electron chi connectivity index (χ3n) is 12.2. The fraction of sp³-hybridized carbons (Fsp3) is 0.245. The first-order valence-electron chi connectivity index (χ1n) is 19.7. The maximum Gasteiger partial charge on any atom is 0.149 e. The van der Waals surface area contributed by atoms with E-state index in [-0.39, 0.29) is 0 Å². The first-order chi connectivity index (χ1) is 25.9. The number of hydrogen-bond acceptors (Lipinski definition) is 2. The Kier molecular flexibility index (Phi) is 8.25. The molecule has 3 heterocycles. The molecule has 0 fully saturated rings. The van der Waals surface area contributed by atoms with E-state index in [1.165, 1.54) is 45.6 Å². The van der Waals surface area contributed by atoms with Crippen LogP contribution in [0.3, 0.4) is 0 Å². The van der Waals surface area contributed by atoms with E-state index >= 15 is 0 Å². The van der Waals surface area contributed by atoms with Crippen LogP contribution < -0.4 is 10.4 Å². The Morgan fingerprint density at radius 3 is 1.94 bits per heavy atom. The van der Waals surface area contributed by atoms with Gasteiger partial charge in [0.25, 0.3) is 0 Å². The largest absolute Gasteiger partial charge is 0.455 e. The predicted molar refractivity (Wildman–Crippen MR) is 237 cm³/mol. The van der Waals surface area contributed by atoms with E-state index in [1.54, 1.807) is 10.4 Å². The Morgan fingerprint density at radius 2 is 1.22 bits per heavy atom. The second kappa shape index (κ2) is 12.8. The summed E-state index contributed by atoms with van der Waals surface area (Å²) in [7, 11) is -2.93. The number of hydrogen-bond donors (Lipinski definition) is 0. The minimum absolute atomic E-state index is 0.291. The Morgan fingerprint density at radius 1 is 0.574 bits per heavy atom. The van der Waals surface area contributed by atoms with Gasteiger partial charge in [-0.1, -0.05) is 155 Å². The lowest BCUT2D eigenvalue weighted by Gasteiger charge is -2.40. The molecule has 0 unspecified atom stereocenters. The fourth-order valence-corrected chi connectivity index (χ4v) is 19.2. The Hall–Kier alpha value is -4.98. The van der Waals surface area contributed by atoms with Crippen molar-refractivity contribution in [3.63, 3.8) is 0 Å². The van der Waals surface area contributed by atoms with Gasteiger partial charge in [0.1, 0.15) is 17.0 Å². The van der Waals surface area contributed by atoms with E-state index in [4.69, 9.17) is 9.40 Å². The zero-order chi connectivity index (χ0) is 37.5. The lowest BCUT2D eigenvalue weighted by molar-refractivity contribution is 0.669. The van der Waals surface area contributed by atoms with Crippen LogP contribution in [0.5, 0.6) is 0 Å². The first-order valence-corrected chi connectivity index (χ1v) is 26.1. The summed E-state index contributed by atoms with van der Waals surface area (Å²) in [6.45, 7) is 19.7. The SMILES string of the molecule is CC(C)c1cc(-c2ccc3c(c2)[Si](C)(C)CC[Si]3(C)C)cc(C(C)C)c1-n1c(-c2cccc3c2oc2cc(-c4ccccc4)ccc23)nc2ccccc21. The highest BCUT2D eigenvalue weighted by molar-refractivity contribution is 7.03. The van der Waals surface area contributed by atoms with Crippen molar-refractivity contribution in [2.75, 3.05) is 0 Å². The van der Waals surface area contributed by atoms with E-state index in [2.05, 4.69) is 180 Å². The smallest absolute Gasteiger partial charge is 0.149 e. The Balaban J connectivity index is 1.28. The van der Waals surface area contributed by atoms with Gasteiger partial charge < -0.3 is 4.42 Å². The van der Waals surface area contributed by atoms with Gasteiger partial charge in [0.2, 0.25) is 0 Å². The molecule has 2 aromatic heterocycles. The number of furan rings is 1. The van der Waals surface area contributed by atoms with Gasteiger partial charge >= 0.3 is 0 Å². The molecule has 1 aliphatic heterocycles. The second-order valence-corrected chi connectivity index (χ2v) is 27.1. The standard InChI is InChI=1S/C49H50N2OSi2/c1-31(2)40-27-36(35-22-24-45-46(30-35)54(7,8)26-25-53(45,5)6)28-41(32(3)4)47(40)51-43-20-13-12-19-42(43)50-49(51)39-18-14-17-38-37-23-21-34(29-44(37)52-48(38)39)33-15-10-9-11-16-33/h9-24,27-32H,25-26H2,1-8H3. The first kappa shape index (κ1) is 34.8. The molecular formula is C49H50N2OSi2. The van der Waals surface area contributed by atoms with Crippen LogP contribution in [0.15, 0.2) is 126 Å². The highest BCUT2D eigenvalue weighted by atomic mass is 28.3. The van der Waals surface area contributed by atoms with E-state index in [0.29, 0.717) is 11.8 Å². The van der Waals surface area contributed by atoms with Crippen molar-refractivity contribution in [1.82, 2.24) is 9.55 Å². The zero-order valence-corrected chi connectivity index (χ0v) is 34.9. The highest BCUT2D eigenvalue weighted by Gasteiger charge is 2.39. The Labute approximate surface area is 321 Å². The molecule has 8 aromatic rings. The van der Waals surface area contributed by atoms with Crippen molar-refractivity contribution in [3.8, 4) is 39.3 Å². The molecule has 270 valence electrons. The summed E-state index contributed by atoms with van der Waals surface area (Å²) in [5, 5.41) is 5.62. The van der Waals surface area contributed by atoms with Crippen molar-refractivity contribution < 1.29 is 4.42 Å². The molecule has 0 N–H and O–H groups in total. The summed E-state index contributed by atoms with van der Waals surface area (Å²) in [6, 6.07) is 47.6. The van der Waals surface area contributed by atoms with Crippen LogP contribution in [0.4, 0.5) is 0 Å². The molecule has 0 amide bonds. The predicted octanol–water partition coefficient (Wildman–Crippen LogP) is 13.0. The van der Waals surface area contributed by atoms with Gasteiger partial charge in [-0.25, -0.2) is 4.98 Å². The van der Waals surface area contributed by atoms with Crippen molar-refractivity contribution in [3.05, 3.63) is 132 Å². The van der Waals surface area contributed by atoms with Gasteiger partial charge in [-0.05, 0) is 87.7 Å². The molecule has 6 aromatic carbocycles. The third-order valence-corrected chi connectivity index (χ3v) is 19.7. The third kappa shape index (κ3) is 5.63. The molecule has 0 bridgehead atoms. The molecule has 54 heavy (non-hydrogen) atoms. The van der Waals surface area contributed by atoms with Crippen LogP contribution in [-0.2, 0) is 0 Å². The number of fused-ring (bicyclic) bond motifs is 5. The normalized spacial score (nSPS) is 15.1. The van der Waals surface area contributed by atoms with Crippen LogP contribution in [0.25, 0.3) is 72.3 Å². The van der Waals surface area contributed by atoms with Gasteiger partial charge in [-0.15, -0.1) is 0 Å². The maximum absolute atomic E-state index is 6.85. The van der Waals surface area contributed by atoms with Gasteiger partial charge in [0, 0.05) is 10.8 Å². The van der Waals surface area contributed by atoms with Crippen molar-refractivity contribution in [2.45, 2.75) is 77.8 Å². The van der Waals surface area contributed by atoms with Crippen molar-refractivity contribution >= 4 is 59.5 Å². The van der Waals surface area contributed by atoms with Gasteiger partial charge in [0.15, 0.2) is 0 Å². The molecule has 1 aliphatic rings. The van der Waals surface area contributed by atoms with Crippen LogP contribution in [-0.4, -0.2) is 25.7 Å². The average Bonchev–Trinajstić information content (AvgIpc) is 3.74. The molecule has 5 heteroatoms. The molecule has 0 aliphatic carbocycles. The molecule has 3 nitrogen and oxygen atoms in total. The minimum Gasteiger partial charge on any atom is -0.455 e. The summed E-state index contributed by atoms with van der Waals surface area (Å²) in [5.74, 6) is 1.49. The van der Waals surface area contributed by atoms with Crippen LogP contribution in [0.2, 0.25) is 38.3 Å². The number of rotatable bonds is 6. The van der Waals surface area contributed by atoms with Crippen LogP contribution in [0.1, 0.15) is 50.7 Å². The van der Waals surface area contributed by atoms with Gasteiger partial charge in [0.05, 0.1) is 38.4 Å². The average molecular weight is 739 g/mol. The zero-order valence-electron chi connectivity index (χ0n) is 32.9. The van der Waals surface area contributed by atoms with E-state index in [9.17, 15) is 0 Å². The van der Waals surface area contributed by atoms with Gasteiger partial charge in [-0.3, -0.25) is 4.57 Å². The number of nitrogens with zero attached hydrogens (tertiary/aromatic N) is 2. The van der Waals surface area contributed by atoms with Crippen molar-refractivity contribution in [1.29, 1.82) is 0 Å². The summed E-state index contributed by atoms with van der Waals surface area (Å²) >= 11 is 0. The molecule has 0 spiro atoms.